The van der Waals surface area contributed by atoms with Crippen molar-refractivity contribution in [1.29, 1.82) is 5.26 Å². The lowest BCUT2D eigenvalue weighted by Gasteiger charge is -2.17. The van der Waals surface area contributed by atoms with Crippen molar-refractivity contribution in [3.8, 4) is 17.6 Å². The van der Waals surface area contributed by atoms with Crippen molar-refractivity contribution in [2.45, 2.75) is 12.8 Å². The van der Waals surface area contributed by atoms with E-state index in [1.165, 1.54) is 0 Å². The summed E-state index contributed by atoms with van der Waals surface area (Å²) < 4.78 is 10.6. The predicted molar refractivity (Wildman–Crippen MR) is 83.1 cm³/mol. The van der Waals surface area contributed by atoms with E-state index in [-0.39, 0.29) is 0 Å². The van der Waals surface area contributed by atoms with Crippen molar-refractivity contribution >= 4 is 16.7 Å². The molecule has 1 aromatic carbocycles. The summed E-state index contributed by atoms with van der Waals surface area (Å²) in [7, 11) is 7.12. The van der Waals surface area contributed by atoms with Crippen LogP contribution in [0.15, 0.2) is 18.2 Å². The minimum atomic E-state index is 0.474. The fourth-order valence-electron chi connectivity index (χ4n) is 2.30. The number of hydrogen-bond donors (Lipinski definition) is 0. The number of aryl methyl sites for hydroxylation is 1. The Kier molecular flexibility index (Phi) is 4.49. The third-order valence-corrected chi connectivity index (χ3v) is 3.31. The first-order chi connectivity index (χ1) is 10.1. The maximum atomic E-state index is 8.80. The fourth-order valence-corrected chi connectivity index (χ4v) is 2.30. The number of ether oxygens (including phenoxy) is 2. The zero-order valence-electron chi connectivity index (χ0n) is 12.8. The van der Waals surface area contributed by atoms with Crippen molar-refractivity contribution in [2.75, 3.05) is 33.2 Å². The van der Waals surface area contributed by atoms with Crippen LogP contribution >= 0.6 is 0 Å². The molecule has 2 aromatic rings. The van der Waals surface area contributed by atoms with Gasteiger partial charge in [0.1, 0.15) is 5.82 Å². The smallest absolute Gasteiger partial charge is 0.162 e. The van der Waals surface area contributed by atoms with Gasteiger partial charge in [-0.25, -0.2) is 4.98 Å². The zero-order chi connectivity index (χ0) is 15.4. The van der Waals surface area contributed by atoms with Crippen molar-refractivity contribution in [3.05, 3.63) is 23.8 Å². The fraction of sp³-hybridized carbons (Fsp3) is 0.375. The molecule has 1 aromatic heterocycles. The molecule has 0 atom stereocenters. The average Bonchev–Trinajstić information content (AvgIpc) is 2.50. The number of methoxy groups -OCH3 is 2. The Morgan fingerprint density at radius 3 is 2.38 bits per heavy atom. The van der Waals surface area contributed by atoms with E-state index < -0.39 is 0 Å². The highest BCUT2D eigenvalue weighted by Crippen LogP contribution is 2.33. The second-order valence-electron chi connectivity index (χ2n) is 4.92. The van der Waals surface area contributed by atoms with Crippen LogP contribution in [0, 0.1) is 11.3 Å². The van der Waals surface area contributed by atoms with E-state index >= 15 is 0 Å². The SMILES string of the molecule is COc1cc2cc(CCC#N)c(N(C)C)nc2cc1OC. The molecule has 0 aliphatic heterocycles. The molecule has 110 valence electrons. The number of pyridine rings is 1. The monoisotopic (exact) mass is 285 g/mol. The first-order valence-electron chi connectivity index (χ1n) is 6.70. The largest absolute Gasteiger partial charge is 0.493 e. The summed E-state index contributed by atoms with van der Waals surface area (Å²) in [4.78, 5) is 6.65. The molecule has 0 radical (unpaired) electrons. The summed E-state index contributed by atoms with van der Waals surface area (Å²) in [6, 6.07) is 8.03. The topological polar surface area (TPSA) is 58.4 Å². The number of aromatic nitrogens is 1. The minimum Gasteiger partial charge on any atom is -0.493 e. The Bertz CT molecular complexity index is 690. The standard InChI is InChI=1S/C16H19N3O2/c1-19(2)16-11(6-5-7-17)8-12-9-14(20-3)15(21-4)10-13(12)18-16/h8-10H,5-6H2,1-4H3. The summed E-state index contributed by atoms with van der Waals surface area (Å²) in [5.41, 5.74) is 1.90. The highest BCUT2D eigenvalue weighted by Gasteiger charge is 2.12. The Morgan fingerprint density at radius 2 is 1.81 bits per heavy atom. The summed E-state index contributed by atoms with van der Waals surface area (Å²) in [6.45, 7) is 0. The van der Waals surface area contributed by atoms with E-state index in [0.29, 0.717) is 24.3 Å². The van der Waals surface area contributed by atoms with Crippen molar-refractivity contribution in [2.24, 2.45) is 0 Å². The van der Waals surface area contributed by atoms with Crippen LogP contribution in [-0.4, -0.2) is 33.3 Å². The van der Waals surface area contributed by atoms with Crippen LogP contribution < -0.4 is 14.4 Å². The maximum Gasteiger partial charge on any atom is 0.162 e. The van der Waals surface area contributed by atoms with Gasteiger partial charge in [-0.1, -0.05) is 0 Å². The van der Waals surface area contributed by atoms with E-state index in [2.05, 4.69) is 12.1 Å². The lowest BCUT2D eigenvalue weighted by molar-refractivity contribution is 0.356. The van der Waals surface area contributed by atoms with Crippen molar-refractivity contribution in [1.82, 2.24) is 4.98 Å². The molecule has 0 amide bonds. The molecular weight excluding hydrogens is 266 g/mol. The number of rotatable bonds is 5. The molecule has 0 aliphatic rings. The molecule has 0 fully saturated rings. The van der Waals surface area contributed by atoms with E-state index in [1.807, 2.05) is 31.1 Å². The Labute approximate surface area is 124 Å². The Morgan fingerprint density at radius 1 is 1.14 bits per heavy atom. The summed E-state index contributed by atoms with van der Waals surface area (Å²) in [5.74, 6) is 2.22. The maximum absolute atomic E-state index is 8.80. The molecule has 2 rings (SSSR count). The second kappa shape index (κ2) is 6.31. The van der Waals surface area contributed by atoms with Crippen LogP contribution in [0.25, 0.3) is 10.9 Å². The number of benzene rings is 1. The van der Waals surface area contributed by atoms with Gasteiger partial charge in [-0.2, -0.15) is 5.26 Å². The van der Waals surface area contributed by atoms with Gasteiger partial charge < -0.3 is 14.4 Å². The van der Waals surface area contributed by atoms with Gasteiger partial charge in [0.15, 0.2) is 11.5 Å². The third-order valence-electron chi connectivity index (χ3n) is 3.31. The van der Waals surface area contributed by atoms with E-state index in [9.17, 15) is 0 Å². The molecular formula is C16H19N3O2. The lowest BCUT2D eigenvalue weighted by Crippen LogP contribution is -2.13. The molecule has 0 unspecified atom stereocenters. The normalized spacial score (nSPS) is 10.2. The molecule has 1 heterocycles. The van der Waals surface area contributed by atoms with Gasteiger partial charge in [0, 0.05) is 32.0 Å². The van der Waals surface area contributed by atoms with Crippen molar-refractivity contribution < 1.29 is 9.47 Å². The number of anilines is 1. The first kappa shape index (κ1) is 14.9. The number of nitrogens with zero attached hydrogens (tertiary/aromatic N) is 3. The van der Waals surface area contributed by atoms with Crippen LogP contribution in [0.1, 0.15) is 12.0 Å². The van der Waals surface area contributed by atoms with Gasteiger partial charge >= 0.3 is 0 Å². The lowest BCUT2D eigenvalue weighted by atomic mass is 10.1. The van der Waals surface area contributed by atoms with E-state index in [1.54, 1.807) is 14.2 Å². The van der Waals surface area contributed by atoms with Crippen molar-refractivity contribution in [3.63, 3.8) is 0 Å². The minimum absolute atomic E-state index is 0.474. The highest BCUT2D eigenvalue weighted by atomic mass is 16.5. The zero-order valence-corrected chi connectivity index (χ0v) is 12.8. The number of fused-ring (bicyclic) bond motifs is 1. The van der Waals surface area contributed by atoms with Crippen LogP contribution in [0.3, 0.4) is 0 Å². The summed E-state index contributed by atoms with van der Waals surface area (Å²) >= 11 is 0. The molecule has 5 nitrogen and oxygen atoms in total. The number of nitriles is 1. The van der Waals surface area contributed by atoms with Crippen LogP contribution in [0.4, 0.5) is 5.82 Å². The highest BCUT2D eigenvalue weighted by molar-refractivity contribution is 5.85. The molecule has 0 bridgehead atoms. The quantitative estimate of drug-likeness (QED) is 0.845. The molecule has 21 heavy (non-hydrogen) atoms. The Balaban J connectivity index is 2.63. The number of hydrogen-bond acceptors (Lipinski definition) is 5. The van der Waals surface area contributed by atoms with Gasteiger partial charge in [-0.05, 0) is 24.1 Å². The molecule has 0 aliphatic carbocycles. The molecule has 0 spiro atoms. The van der Waals surface area contributed by atoms with Crippen LogP contribution in [0.2, 0.25) is 0 Å². The van der Waals surface area contributed by atoms with Crippen LogP contribution in [-0.2, 0) is 6.42 Å². The van der Waals surface area contributed by atoms with Crippen LogP contribution in [0.5, 0.6) is 11.5 Å². The average molecular weight is 285 g/mol. The van der Waals surface area contributed by atoms with Gasteiger partial charge in [0.2, 0.25) is 0 Å². The van der Waals surface area contributed by atoms with Gasteiger partial charge in [0.25, 0.3) is 0 Å². The summed E-state index contributed by atoms with van der Waals surface area (Å²) in [6.07, 6.45) is 1.16. The van der Waals surface area contributed by atoms with Gasteiger partial charge in [0.05, 0.1) is 25.8 Å². The molecule has 0 saturated heterocycles. The van der Waals surface area contributed by atoms with Gasteiger partial charge in [-0.3, -0.25) is 0 Å². The van der Waals surface area contributed by atoms with E-state index in [0.717, 1.165) is 22.3 Å². The summed E-state index contributed by atoms with van der Waals surface area (Å²) in [5, 5.41) is 9.78. The van der Waals surface area contributed by atoms with E-state index in [4.69, 9.17) is 19.7 Å². The second-order valence-corrected chi connectivity index (χ2v) is 4.92. The van der Waals surface area contributed by atoms with Gasteiger partial charge in [-0.15, -0.1) is 0 Å². The molecule has 5 heteroatoms. The first-order valence-corrected chi connectivity index (χ1v) is 6.70. The molecule has 0 saturated carbocycles. The predicted octanol–water partition coefficient (Wildman–Crippen LogP) is 2.77. The Hall–Kier alpha value is -2.48. The molecule has 0 N–H and O–H groups in total. The third kappa shape index (κ3) is 3.00.